The van der Waals surface area contributed by atoms with Gasteiger partial charge in [-0.05, 0) is 42.5 Å². The molecule has 0 saturated heterocycles. The van der Waals surface area contributed by atoms with Crippen LogP contribution in [0.15, 0.2) is 65.9 Å². The van der Waals surface area contributed by atoms with Crippen LogP contribution in [0.5, 0.6) is 5.75 Å². The zero-order valence-electron chi connectivity index (χ0n) is 16.7. The molecule has 0 radical (unpaired) electrons. The molecule has 2 aromatic rings. The molecule has 1 aliphatic rings. The summed E-state index contributed by atoms with van der Waals surface area (Å²) in [5, 5.41) is 20.1. The van der Waals surface area contributed by atoms with Crippen LogP contribution in [-0.4, -0.2) is 28.1 Å². The van der Waals surface area contributed by atoms with E-state index < -0.39 is 29.5 Å². The Morgan fingerprint density at radius 1 is 0.931 bits per heavy atom. The van der Waals surface area contributed by atoms with E-state index in [-0.39, 0.29) is 17.2 Å². The molecular formula is C24H26O5. The molecule has 3 atom stereocenters. The van der Waals surface area contributed by atoms with Crippen LogP contribution in [0.1, 0.15) is 43.7 Å². The minimum absolute atomic E-state index is 0.0411. The number of aromatic hydroxyl groups is 1. The fourth-order valence-electron chi connectivity index (χ4n) is 3.91. The Labute approximate surface area is 170 Å². The molecular weight excluding hydrogens is 368 g/mol. The van der Waals surface area contributed by atoms with E-state index in [2.05, 4.69) is 0 Å². The first-order chi connectivity index (χ1) is 14.0. The molecule has 5 nitrogen and oxygen atoms in total. The van der Waals surface area contributed by atoms with Crippen molar-refractivity contribution < 1.29 is 24.5 Å². The van der Waals surface area contributed by atoms with E-state index in [0.717, 1.165) is 11.1 Å². The molecule has 1 heterocycles. The summed E-state index contributed by atoms with van der Waals surface area (Å²) in [6.45, 7) is 3.82. The van der Waals surface area contributed by atoms with Crippen LogP contribution in [0.4, 0.5) is 0 Å². The summed E-state index contributed by atoms with van der Waals surface area (Å²) in [7, 11) is 0. The van der Waals surface area contributed by atoms with Gasteiger partial charge >= 0.3 is 5.97 Å². The van der Waals surface area contributed by atoms with Gasteiger partial charge in [-0.2, -0.15) is 0 Å². The first kappa shape index (κ1) is 20.6. The van der Waals surface area contributed by atoms with Gasteiger partial charge in [0.1, 0.15) is 5.75 Å². The number of carbonyl (C=O) groups is 2. The second kappa shape index (κ2) is 8.95. The quantitative estimate of drug-likeness (QED) is 0.678. The molecule has 0 saturated carbocycles. The molecule has 0 fully saturated rings. The number of ketones is 1. The minimum Gasteiger partial charge on any atom is -0.508 e. The molecule has 3 rings (SSSR count). The van der Waals surface area contributed by atoms with Crippen molar-refractivity contribution in [2.75, 3.05) is 0 Å². The monoisotopic (exact) mass is 394 g/mol. The topological polar surface area (TPSA) is 83.8 Å². The molecule has 3 unspecified atom stereocenters. The summed E-state index contributed by atoms with van der Waals surface area (Å²) in [6, 6.07) is 16.1. The van der Waals surface area contributed by atoms with Crippen molar-refractivity contribution in [2.24, 2.45) is 5.92 Å². The molecule has 0 spiro atoms. The van der Waals surface area contributed by atoms with Crippen LogP contribution in [0.3, 0.4) is 0 Å². The Hall–Kier alpha value is -3.08. The maximum atomic E-state index is 13.0. The molecule has 152 valence electrons. The number of hydrogen-bond acceptors (Lipinski definition) is 5. The maximum absolute atomic E-state index is 13.0. The van der Waals surface area contributed by atoms with E-state index >= 15 is 0 Å². The molecule has 0 aromatic heterocycles. The van der Waals surface area contributed by atoms with Crippen molar-refractivity contribution in [3.05, 3.63) is 77.1 Å². The largest absolute Gasteiger partial charge is 0.508 e. The lowest BCUT2D eigenvalue weighted by Crippen LogP contribution is -2.42. The van der Waals surface area contributed by atoms with E-state index in [1.54, 1.807) is 24.3 Å². The van der Waals surface area contributed by atoms with Crippen molar-refractivity contribution in [2.45, 2.75) is 45.1 Å². The highest BCUT2D eigenvalue weighted by molar-refractivity contribution is 6.09. The molecule has 0 amide bonds. The summed E-state index contributed by atoms with van der Waals surface area (Å²) in [6.07, 6.45) is 0.641. The fourth-order valence-corrected chi connectivity index (χ4v) is 3.91. The zero-order chi connectivity index (χ0) is 21.0. The van der Waals surface area contributed by atoms with Gasteiger partial charge in [-0.1, -0.05) is 56.3 Å². The minimum atomic E-state index is -1.02. The molecule has 0 bridgehead atoms. The first-order valence-corrected chi connectivity index (χ1v) is 9.97. The van der Waals surface area contributed by atoms with Crippen LogP contribution in [-0.2, 0) is 20.7 Å². The molecule has 0 aliphatic carbocycles. The van der Waals surface area contributed by atoms with E-state index in [0.29, 0.717) is 19.3 Å². The lowest BCUT2D eigenvalue weighted by Gasteiger charge is -2.31. The van der Waals surface area contributed by atoms with Crippen molar-refractivity contribution in [1.29, 1.82) is 0 Å². The highest BCUT2D eigenvalue weighted by Crippen LogP contribution is 2.35. The number of aliphatic hydroxyl groups excluding tert-OH is 1. The van der Waals surface area contributed by atoms with Gasteiger partial charge < -0.3 is 14.9 Å². The van der Waals surface area contributed by atoms with E-state index in [1.165, 1.54) is 0 Å². The van der Waals surface area contributed by atoms with Gasteiger partial charge in [0, 0.05) is 11.8 Å². The SMILES string of the molecule is CCC(C1=C(O)C(=O)C(C(CC)Cc2ccc(O)cc2)OC1=O)c1ccccc1. The van der Waals surface area contributed by atoms with Crippen LogP contribution >= 0.6 is 0 Å². The summed E-state index contributed by atoms with van der Waals surface area (Å²) >= 11 is 0. The zero-order valence-corrected chi connectivity index (χ0v) is 16.7. The Morgan fingerprint density at radius 3 is 2.17 bits per heavy atom. The average molecular weight is 394 g/mol. The number of benzene rings is 2. The highest BCUT2D eigenvalue weighted by atomic mass is 16.6. The normalized spacial score (nSPS) is 19.0. The van der Waals surface area contributed by atoms with Gasteiger partial charge in [-0.25, -0.2) is 4.79 Å². The fraction of sp³-hybridized carbons (Fsp3) is 0.333. The average Bonchev–Trinajstić information content (AvgIpc) is 2.74. The third-order valence-corrected chi connectivity index (χ3v) is 5.55. The number of ether oxygens (including phenoxy) is 1. The molecule has 2 aromatic carbocycles. The number of aliphatic hydroxyl groups is 1. The van der Waals surface area contributed by atoms with Crippen LogP contribution in [0.2, 0.25) is 0 Å². The van der Waals surface area contributed by atoms with E-state index in [9.17, 15) is 19.8 Å². The van der Waals surface area contributed by atoms with E-state index in [1.807, 2.05) is 44.2 Å². The van der Waals surface area contributed by atoms with Gasteiger partial charge in [-0.15, -0.1) is 0 Å². The molecule has 29 heavy (non-hydrogen) atoms. The van der Waals surface area contributed by atoms with Crippen LogP contribution in [0, 0.1) is 5.92 Å². The number of cyclic esters (lactones) is 1. The van der Waals surface area contributed by atoms with Crippen molar-refractivity contribution in [3.8, 4) is 5.75 Å². The van der Waals surface area contributed by atoms with E-state index in [4.69, 9.17) is 4.74 Å². The number of carbonyl (C=O) groups excluding carboxylic acids is 2. The van der Waals surface area contributed by atoms with Gasteiger partial charge in [0.25, 0.3) is 0 Å². The number of esters is 1. The Bertz CT molecular complexity index is 899. The standard InChI is InChI=1S/C24H26O5/c1-3-16(14-15-10-12-18(25)13-11-15)23-22(27)21(26)20(24(28)29-23)19(4-2)17-8-6-5-7-9-17/h5-13,16,19,23,25-26H,3-4,14H2,1-2H3. The lowest BCUT2D eigenvalue weighted by atomic mass is 9.82. The van der Waals surface area contributed by atoms with Crippen molar-refractivity contribution in [1.82, 2.24) is 0 Å². The Kier molecular flexibility index (Phi) is 6.37. The second-order valence-electron chi connectivity index (χ2n) is 7.36. The summed E-state index contributed by atoms with van der Waals surface area (Å²) in [5.41, 5.74) is 1.82. The summed E-state index contributed by atoms with van der Waals surface area (Å²) in [4.78, 5) is 25.8. The predicted molar refractivity (Wildman–Crippen MR) is 110 cm³/mol. The highest BCUT2D eigenvalue weighted by Gasteiger charge is 2.42. The third-order valence-electron chi connectivity index (χ3n) is 5.55. The Balaban J connectivity index is 1.88. The Morgan fingerprint density at radius 2 is 1.59 bits per heavy atom. The van der Waals surface area contributed by atoms with Crippen LogP contribution in [0.25, 0.3) is 0 Å². The van der Waals surface area contributed by atoms with Gasteiger partial charge in [0.2, 0.25) is 5.78 Å². The molecule has 2 N–H and O–H groups in total. The summed E-state index contributed by atoms with van der Waals surface area (Å²) < 4.78 is 5.58. The lowest BCUT2D eigenvalue weighted by molar-refractivity contribution is -0.158. The second-order valence-corrected chi connectivity index (χ2v) is 7.36. The summed E-state index contributed by atoms with van der Waals surface area (Å²) in [5.74, 6) is -2.15. The van der Waals surface area contributed by atoms with Gasteiger partial charge in [-0.3, -0.25) is 4.79 Å². The number of Topliss-reactive ketones (excluding diaryl/α,β-unsaturated/α-hetero) is 1. The molecule has 5 heteroatoms. The number of hydrogen-bond donors (Lipinski definition) is 2. The predicted octanol–water partition coefficient (Wildman–Crippen LogP) is 4.46. The number of phenolic OH excluding ortho intramolecular Hbond substituents is 1. The smallest absolute Gasteiger partial charge is 0.339 e. The van der Waals surface area contributed by atoms with Crippen molar-refractivity contribution in [3.63, 3.8) is 0 Å². The maximum Gasteiger partial charge on any atom is 0.339 e. The van der Waals surface area contributed by atoms with Crippen LogP contribution < -0.4 is 0 Å². The first-order valence-electron chi connectivity index (χ1n) is 9.97. The number of phenols is 1. The number of rotatable bonds is 7. The molecule has 1 aliphatic heterocycles. The third kappa shape index (κ3) is 4.34. The van der Waals surface area contributed by atoms with Crippen molar-refractivity contribution >= 4 is 11.8 Å². The van der Waals surface area contributed by atoms with Gasteiger partial charge in [0.05, 0.1) is 5.57 Å². The van der Waals surface area contributed by atoms with Gasteiger partial charge in [0.15, 0.2) is 11.9 Å².